The highest BCUT2D eigenvalue weighted by atomic mass is 32.1. The molecule has 1 atom stereocenters. The molecule has 0 fully saturated rings. The number of hydrogen-bond acceptors (Lipinski definition) is 4. The molecule has 0 radical (unpaired) electrons. The molecule has 1 N–H and O–H groups in total. The Morgan fingerprint density at radius 2 is 1.73 bits per heavy atom. The zero-order valence-electron chi connectivity index (χ0n) is 14.7. The Bertz CT molecular complexity index is 889. The van der Waals surface area contributed by atoms with Crippen molar-refractivity contribution in [2.45, 2.75) is 25.5 Å². The van der Waals surface area contributed by atoms with Crippen molar-refractivity contribution in [2.24, 2.45) is 5.92 Å². The van der Waals surface area contributed by atoms with Crippen LogP contribution in [0.5, 0.6) is 0 Å². The molecule has 1 heterocycles. The van der Waals surface area contributed by atoms with Gasteiger partial charge in [-0.05, 0) is 35.7 Å². The second-order valence-corrected chi connectivity index (χ2v) is 7.09. The Balaban J connectivity index is 2.03. The zero-order chi connectivity index (χ0) is 18.7. The molecule has 134 valence electrons. The highest BCUT2D eigenvalue weighted by molar-refractivity contribution is 7.80. The minimum atomic E-state index is -0.945. The molecule has 5 nitrogen and oxygen atoms in total. The summed E-state index contributed by atoms with van der Waals surface area (Å²) in [5.41, 5.74) is 2.11. The highest BCUT2D eigenvalue weighted by Gasteiger charge is 2.21. The number of benzene rings is 2. The Kier molecular flexibility index (Phi) is 5.42. The first-order valence-corrected chi connectivity index (χ1v) is 9.00. The maximum Gasteiger partial charge on any atom is 0.335 e. The van der Waals surface area contributed by atoms with Gasteiger partial charge in [0.25, 0.3) is 0 Å². The van der Waals surface area contributed by atoms with Crippen LogP contribution in [-0.2, 0) is 6.42 Å². The summed E-state index contributed by atoms with van der Waals surface area (Å²) in [5.74, 6) is 1.11. The molecule has 1 unspecified atom stereocenters. The largest absolute Gasteiger partial charge is 0.478 e. The van der Waals surface area contributed by atoms with Crippen molar-refractivity contribution in [1.82, 2.24) is 14.8 Å². The monoisotopic (exact) mass is 367 g/mol. The molecule has 0 bridgehead atoms. The van der Waals surface area contributed by atoms with E-state index in [0.29, 0.717) is 5.92 Å². The van der Waals surface area contributed by atoms with Gasteiger partial charge in [-0.2, -0.15) is 12.6 Å². The third-order valence-corrected chi connectivity index (χ3v) is 4.61. The molecule has 6 heteroatoms. The number of hydrogen-bond donors (Lipinski definition) is 2. The normalized spacial score (nSPS) is 12.3. The van der Waals surface area contributed by atoms with Crippen molar-refractivity contribution in [3.05, 3.63) is 77.4 Å². The summed E-state index contributed by atoms with van der Waals surface area (Å²) in [4.78, 5) is 11.1. The molecule has 0 saturated carbocycles. The number of nitrogens with zero attached hydrogens (tertiary/aromatic N) is 3. The van der Waals surface area contributed by atoms with Crippen molar-refractivity contribution >= 4 is 18.6 Å². The summed E-state index contributed by atoms with van der Waals surface area (Å²) < 4.78 is 2.04. The van der Waals surface area contributed by atoms with E-state index in [0.717, 1.165) is 29.3 Å². The molecule has 3 aromatic rings. The summed E-state index contributed by atoms with van der Waals surface area (Å²) >= 11 is 4.75. The van der Waals surface area contributed by atoms with Crippen LogP contribution in [-0.4, -0.2) is 25.8 Å². The van der Waals surface area contributed by atoms with E-state index in [-0.39, 0.29) is 10.8 Å². The molecule has 1 aromatic heterocycles. The lowest BCUT2D eigenvalue weighted by Gasteiger charge is -2.16. The third-order valence-electron chi connectivity index (χ3n) is 4.08. The van der Waals surface area contributed by atoms with Crippen LogP contribution in [0.2, 0.25) is 0 Å². The lowest BCUT2D eigenvalue weighted by atomic mass is 10.1. The molecular weight excluding hydrogens is 346 g/mol. The van der Waals surface area contributed by atoms with Crippen LogP contribution in [0.15, 0.2) is 54.6 Å². The van der Waals surface area contributed by atoms with Crippen LogP contribution < -0.4 is 0 Å². The van der Waals surface area contributed by atoms with Crippen LogP contribution in [0.25, 0.3) is 5.69 Å². The maximum absolute atomic E-state index is 11.1. The number of carboxylic acids is 1. The number of carboxylic acid groups (broad SMARTS) is 1. The number of rotatable bonds is 6. The summed E-state index contributed by atoms with van der Waals surface area (Å²) in [5, 5.41) is 17.5. The first-order valence-electron chi connectivity index (χ1n) is 8.48. The van der Waals surface area contributed by atoms with Crippen molar-refractivity contribution in [2.75, 3.05) is 0 Å². The average Bonchev–Trinajstić information content (AvgIpc) is 3.04. The Morgan fingerprint density at radius 1 is 1.08 bits per heavy atom. The topological polar surface area (TPSA) is 68.0 Å². The van der Waals surface area contributed by atoms with Gasteiger partial charge in [0.05, 0.1) is 10.8 Å². The molecule has 0 aliphatic carbocycles. The van der Waals surface area contributed by atoms with E-state index in [4.69, 9.17) is 17.7 Å². The number of para-hydroxylation sites is 1. The van der Waals surface area contributed by atoms with Crippen LogP contribution in [0, 0.1) is 5.92 Å². The van der Waals surface area contributed by atoms with Gasteiger partial charge in [-0.15, -0.1) is 10.2 Å². The Hall–Kier alpha value is -2.60. The number of carbonyl (C=O) groups is 1. The molecule has 0 saturated heterocycles. The van der Waals surface area contributed by atoms with E-state index in [1.54, 1.807) is 24.3 Å². The van der Waals surface area contributed by atoms with E-state index in [1.807, 2.05) is 34.9 Å². The number of thiol groups is 1. The summed E-state index contributed by atoms with van der Waals surface area (Å²) in [6.45, 7) is 4.29. The SMILES string of the molecule is CC(C)Cc1nnc(C(S)c2ccc(C(=O)O)cc2)n1-c1ccccc1. The molecule has 0 amide bonds. The molecule has 26 heavy (non-hydrogen) atoms. The van der Waals surface area contributed by atoms with Gasteiger partial charge < -0.3 is 5.11 Å². The second kappa shape index (κ2) is 7.74. The fourth-order valence-corrected chi connectivity index (χ4v) is 3.16. The lowest BCUT2D eigenvalue weighted by Crippen LogP contribution is -2.10. The van der Waals surface area contributed by atoms with Gasteiger partial charge in [0.2, 0.25) is 0 Å². The van der Waals surface area contributed by atoms with Gasteiger partial charge in [0.1, 0.15) is 5.82 Å². The maximum atomic E-state index is 11.1. The average molecular weight is 367 g/mol. The van der Waals surface area contributed by atoms with Gasteiger partial charge in [-0.1, -0.05) is 44.2 Å². The number of aromatic nitrogens is 3. The summed E-state index contributed by atoms with van der Waals surface area (Å²) in [7, 11) is 0. The van der Waals surface area contributed by atoms with Crippen molar-refractivity contribution in [3.63, 3.8) is 0 Å². The van der Waals surface area contributed by atoms with Crippen LogP contribution in [0.4, 0.5) is 0 Å². The Morgan fingerprint density at radius 3 is 2.31 bits per heavy atom. The second-order valence-electron chi connectivity index (χ2n) is 6.57. The van der Waals surface area contributed by atoms with Gasteiger partial charge in [0.15, 0.2) is 5.82 Å². The van der Waals surface area contributed by atoms with Gasteiger partial charge in [-0.25, -0.2) is 4.79 Å². The molecule has 2 aromatic carbocycles. The van der Waals surface area contributed by atoms with Gasteiger partial charge in [0, 0.05) is 12.1 Å². The molecule has 0 aliphatic heterocycles. The van der Waals surface area contributed by atoms with E-state index >= 15 is 0 Å². The van der Waals surface area contributed by atoms with Crippen molar-refractivity contribution < 1.29 is 9.90 Å². The van der Waals surface area contributed by atoms with Crippen LogP contribution in [0.1, 0.15) is 46.7 Å². The van der Waals surface area contributed by atoms with Crippen molar-refractivity contribution in [3.8, 4) is 5.69 Å². The summed E-state index contributed by atoms with van der Waals surface area (Å²) in [6.07, 6.45) is 0.806. The first-order chi connectivity index (χ1) is 12.5. The van der Waals surface area contributed by atoms with E-state index in [2.05, 4.69) is 24.0 Å². The molecule has 0 spiro atoms. The predicted molar refractivity (Wildman–Crippen MR) is 104 cm³/mol. The van der Waals surface area contributed by atoms with Crippen LogP contribution in [0.3, 0.4) is 0 Å². The van der Waals surface area contributed by atoms with Crippen molar-refractivity contribution in [1.29, 1.82) is 0 Å². The fraction of sp³-hybridized carbons (Fsp3) is 0.250. The summed E-state index contributed by atoms with van der Waals surface area (Å²) in [6, 6.07) is 16.7. The van der Waals surface area contributed by atoms with Gasteiger partial charge in [-0.3, -0.25) is 4.57 Å². The fourth-order valence-electron chi connectivity index (χ4n) is 2.82. The lowest BCUT2D eigenvalue weighted by molar-refractivity contribution is 0.0697. The highest BCUT2D eigenvalue weighted by Crippen LogP contribution is 2.30. The molecular formula is C20H21N3O2S. The standard InChI is InChI=1S/C20H21N3O2S/c1-13(2)12-17-21-22-19(23(17)16-6-4-3-5-7-16)18(26)14-8-10-15(11-9-14)20(24)25/h3-11,13,18,26H,12H2,1-2H3,(H,24,25). The number of aromatic carboxylic acids is 1. The smallest absolute Gasteiger partial charge is 0.335 e. The minimum Gasteiger partial charge on any atom is -0.478 e. The van der Waals surface area contributed by atoms with Gasteiger partial charge >= 0.3 is 5.97 Å². The molecule has 3 rings (SSSR count). The molecule has 0 aliphatic rings. The van der Waals surface area contributed by atoms with E-state index < -0.39 is 5.97 Å². The Labute approximate surface area is 158 Å². The zero-order valence-corrected chi connectivity index (χ0v) is 15.6. The quantitative estimate of drug-likeness (QED) is 0.641. The van der Waals surface area contributed by atoms with E-state index in [1.165, 1.54) is 0 Å². The minimum absolute atomic E-state index is 0.249. The first kappa shape index (κ1) is 18.2. The van der Waals surface area contributed by atoms with E-state index in [9.17, 15) is 4.79 Å². The predicted octanol–water partition coefficient (Wildman–Crippen LogP) is 4.18. The third kappa shape index (κ3) is 3.80. The van der Waals surface area contributed by atoms with Crippen LogP contribution >= 0.6 is 12.6 Å².